The summed E-state index contributed by atoms with van der Waals surface area (Å²) in [7, 11) is 0. The Morgan fingerprint density at radius 2 is 1.07 bits per heavy atom. The Morgan fingerprint density at radius 3 is 1.72 bits per heavy atom. The fraction of sp³-hybridized carbons (Fsp3) is 0.143. The molecule has 0 saturated carbocycles. The van der Waals surface area contributed by atoms with E-state index in [0.29, 0.717) is 0 Å². The third-order valence-corrected chi connectivity index (χ3v) is 5.11. The van der Waals surface area contributed by atoms with E-state index in [1.807, 2.05) is 0 Å². The lowest BCUT2D eigenvalue weighted by Crippen LogP contribution is -2.37. The normalized spacial score (nSPS) is 11.3. The van der Waals surface area contributed by atoms with Crippen molar-refractivity contribution in [3.05, 3.63) is 109 Å². The quantitative estimate of drug-likeness (QED) is 0.349. The van der Waals surface area contributed by atoms with Gasteiger partial charge in [0.1, 0.15) is 0 Å². The largest absolute Gasteiger partial charge is 0.336 e. The minimum atomic E-state index is -0.0831. The number of hydrogen-bond donors (Lipinski definition) is 0. The molecule has 0 aliphatic rings. The molecule has 4 aromatic rings. The molecule has 0 aliphatic carbocycles. The lowest BCUT2D eigenvalue weighted by Gasteiger charge is -2.39. The molecule has 1 nitrogen and oxygen atoms in total. The highest BCUT2D eigenvalue weighted by Crippen LogP contribution is 2.40. The van der Waals surface area contributed by atoms with Crippen LogP contribution in [0.5, 0.6) is 0 Å². The summed E-state index contributed by atoms with van der Waals surface area (Å²) < 4.78 is 0. The van der Waals surface area contributed by atoms with Gasteiger partial charge in [-0.2, -0.15) is 0 Å². The van der Waals surface area contributed by atoms with Gasteiger partial charge >= 0.3 is 0 Å². The summed E-state index contributed by atoms with van der Waals surface area (Å²) in [6.45, 7) is 6.80. The second kappa shape index (κ2) is 7.97. The van der Waals surface area contributed by atoms with Gasteiger partial charge in [0.2, 0.25) is 0 Å². The van der Waals surface area contributed by atoms with Crippen LogP contribution in [0.15, 0.2) is 109 Å². The highest BCUT2D eigenvalue weighted by molar-refractivity contribution is 5.84. The molecule has 0 spiro atoms. The predicted octanol–water partition coefficient (Wildman–Crippen LogP) is 7.96. The van der Waals surface area contributed by atoms with Gasteiger partial charge in [-0.1, -0.05) is 91.0 Å². The van der Waals surface area contributed by atoms with Crippen molar-refractivity contribution in [2.45, 2.75) is 26.3 Å². The van der Waals surface area contributed by atoms with Crippen LogP contribution in [0.25, 0.3) is 22.3 Å². The molecule has 0 aromatic heterocycles. The minimum Gasteiger partial charge on any atom is -0.336 e. The van der Waals surface area contributed by atoms with Crippen LogP contribution in [0, 0.1) is 0 Å². The first-order chi connectivity index (χ1) is 14.0. The van der Waals surface area contributed by atoms with Gasteiger partial charge in [0.05, 0.1) is 0 Å². The van der Waals surface area contributed by atoms with Crippen molar-refractivity contribution in [2.75, 3.05) is 4.90 Å². The summed E-state index contributed by atoms with van der Waals surface area (Å²) in [4.78, 5) is 2.45. The molecule has 0 heterocycles. The molecule has 4 rings (SSSR count). The van der Waals surface area contributed by atoms with E-state index in [1.54, 1.807) is 0 Å². The number of hydrogen-bond acceptors (Lipinski definition) is 1. The zero-order valence-electron chi connectivity index (χ0n) is 17.3. The number of rotatable bonds is 4. The van der Waals surface area contributed by atoms with Gasteiger partial charge < -0.3 is 4.90 Å². The third kappa shape index (κ3) is 4.09. The molecule has 0 atom stereocenters. The zero-order valence-corrected chi connectivity index (χ0v) is 17.3. The van der Waals surface area contributed by atoms with Crippen molar-refractivity contribution in [1.82, 2.24) is 0 Å². The van der Waals surface area contributed by atoms with Crippen LogP contribution in [0.2, 0.25) is 0 Å². The van der Waals surface area contributed by atoms with E-state index < -0.39 is 0 Å². The van der Waals surface area contributed by atoms with Crippen LogP contribution in [-0.4, -0.2) is 5.54 Å². The van der Waals surface area contributed by atoms with Gasteiger partial charge in [0, 0.05) is 22.5 Å². The van der Waals surface area contributed by atoms with Gasteiger partial charge in [-0.3, -0.25) is 0 Å². The molecule has 0 saturated heterocycles. The summed E-state index contributed by atoms with van der Waals surface area (Å²) in [5, 5.41) is 0. The van der Waals surface area contributed by atoms with Crippen LogP contribution in [0.3, 0.4) is 0 Å². The van der Waals surface area contributed by atoms with Gasteiger partial charge in [0.15, 0.2) is 0 Å². The fourth-order valence-electron chi connectivity index (χ4n) is 3.87. The van der Waals surface area contributed by atoms with Gasteiger partial charge in [-0.25, -0.2) is 0 Å². The standard InChI is InChI=1S/C28H27N/c1-28(2,3)29(25-18-12-17-24(21-25)22-13-6-4-7-14-22)27-20-11-10-19-26(27)23-15-8-5-9-16-23/h4-21H,1-3H3. The van der Waals surface area contributed by atoms with Crippen molar-refractivity contribution in [1.29, 1.82) is 0 Å². The first-order valence-electron chi connectivity index (χ1n) is 10.1. The van der Waals surface area contributed by atoms with Crippen molar-refractivity contribution in [3.8, 4) is 22.3 Å². The lowest BCUT2D eigenvalue weighted by molar-refractivity contribution is 0.561. The topological polar surface area (TPSA) is 3.24 Å². The average Bonchev–Trinajstić information content (AvgIpc) is 2.75. The van der Waals surface area contributed by atoms with Gasteiger partial charge in [0.25, 0.3) is 0 Å². The van der Waals surface area contributed by atoms with Crippen LogP contribution in [0.1, 0.15) is 20.8 Å². The Labute approximate surface area is 174 Å². The Hall–Kier alpha value is -3.32. The van der Waals surface area contributed by atoms with Gasteiger partial charge in [-0.05, 0) is 55.7 Å². The molecule has 4 aromatic carbocycles. The summed E-state index contributed by atoms with van der Waals surface area (Å²) in [6, 6.07) is 38.7. The summed E-state index contributed by atoms with van der Waals surface area (Å²) in [6.07, 6.45) is 0. The molecule has 0 amide bonds. The van der Waals surface area contributed by atoms with E-state index in [9.17, 15) is 0 Å². The molecule has 0 unspecified atom stereocenters. The molecule has 0 radical (unpaired) electrons. The van der Waals surface area contributed by atoms with Crippen LogP contribution in [0.4, 0.5) is 11.4 Å². The van der Waals surface area contributed by atoms with E-state index >= 15 is 0 Å². The van der Waals surface area contributed by atoms with E-state index in [2.05, 4.69) is 135 Å². The van der Waals surface area contributed by atoms with Crippen LogP contribution in [-0.2, 0) is 0 Å². The summed E-state index contributed by atoms with van der Waals surface area (Å²) >= 11 is 0. The second-order valence-corrected chi connectivity index (χ2v) is 8.31. The SMILES string of the molecule is CC(C)(C)N(c1cccc(-c2ccccc2)c1)c1ccccc1-c1ccccc1. The fourth-order valence-corrected chi connectivity index (χ4v) is 3.87. The van der Waals surface area contributed by atoms with Crippen molar-refractivity contribution < 1.29 is 0 Å². The predicted molar refractivity (Wildman–Crippen MR) is 126 cm³/mol. The molecular formula is C28H27N. The van der Waals surface area contributed by atoms with E-state index in [0.717, 1.165) is 0 Å². The zero-order chi connectivity index (χ0) is 20.3. The summed E-state index contributed by atoms with van der Waals surface area (Å²) in [5.74, 6) is 0. The molecular weight excluding hydrogens is 350 g/mol. The maximum atomic E-state index is 2.45. The van der Waals surface area contributed by atoms with Gasteiger partial charge in [-0.15, -0.1) is 0 Å². The number of benzene rings is 4. The average molecular weight is 378 g/mol. The van der Waals surface area contributed by atoms with Crippen molar-refractivity contribution in [2.24, 2.45) is 0 Å². The molecule has 1 heteroatoms. The minimum absolute atomic E-state index is 0.0831. The maximum Gasteiger partial charge on any atom is 0.0495 e. The smallest absolute Gasteiger partial charge is 0.0495 e. The Kier molecular flexibility index (Phi) is 5.22. The molecule has 0 aliphatic heterocycles. The van der Waals surface area contributed by atoms with Crippen molar-refractivity contribution in [3.63, 3.8) is 0 Å². The Morgan fingerprint density at radius 1 is 0.517 bits per heavy atom. The Balaban J connectivity index is 1.87. The van der Waals surface area contributed by atoms with Crippen LogP contribution >= 0.6 is 0 Å². The highest BCUT2D eigenvalue weighted by atomic mass is 15.2. The number of anilines is 2. The first kappa shape index (κ1) is 19.0. The highest BCUT2D eigenvalue weighted by Gasteiger charge is 2.26. The maximum absolute atomic E-state index is 2.45. The monoisotopic (exact) mass is 377 g/mol. The summed E-state index contributed by atoms with van der Waals surface area (Å²) in [5.41, 5.74) is 7.28. The number of para-hydroxylation sites is 1. The van der Waals surface area contributed by atoms with E-state index in [-0.39, 0.29) is 5.54 Å². The number of nitrogens with zero attached hydrogens (tertiary/aromatic N) is 1. The molecule has 0 bridgehead atoms. The van der Waals surface area contributed by atoms with Crippen LogP contribution < -0.4 is 4.90 Å². The van der Waals surface area contributed by atoms with E-state index in [1.165, 1.54) is 33.6 Å². The third-order valence-electron chi connectivity index (χ3n) is 5.11. The molecule has 144 valence electrons. The van der Waals surface area contributed by atoms with Crippen molar-refractivity contribution >= 4 is 11.4 Å². The Bertz CT molecular complexity index is 1080. The molecule has 0 N–H and O–H groups in total. The van der Waals surface area contributed by atoms with E-state index in [4.69, 9.17) is 0 Å². The molecule has 0 fully saturated rings. The lowest BCUT2D eigenvalue weighted by atomic mass is 9.96. The second-order valence-electron chi connectivity index (χ2n) is 8.31. The first-order valence-corrected chi connectivity index (χ1v) is 10.1. The molecule has 29 heavy (non-hydrogen) atoms.